The first-order valence-corrected chi connectivity index (χ1v) is 6.18. The number of nitro benzene ring substituents is 1. The molecule has 0 bridgehead atoms. The molecule has 0 saturated heterocycles. The van der Waals surface area contributed by atoms with Gasteiger partial charge in [-0.15, -0.1) is 10.1 Å². The van der Waals surface area contributed by atoms with Crippen LogP contribution in [0.15, 0.2) is 18.2 Å². The maximum Gasteiger partial charge on any atom is 0.338 e. The second kappa shape index (κ2) is 8.00. The van der Waals surface area contributed by atoms with Crippen molar-refractivity contribution >= 4 is 23.3 Å². The van der Waals surface area contributed by atoms with Gasteiger partial charge in [-0.25, -0.2) is 4.79 Å². The number of nitrogens with zero attached hydrogens (tertiary/aromatic N) is 2. The summed E-state index contributed by atoms with van der Waals surface area (Å²) in [5, 5.41) is 19.4. The Morgan fingerprint density at radius 3 is 2.43 bits per heavy atom. The molecule has 0 aliphatic heterocycles. The zero-order valence-corrected chi connectivity index (χ0v) is 11.4. The molecule has 0 atom stereocenters. The number of carbonyl (C=O) groups excluding carboxylic acids is 1. The second-order valence-corrected chi connectivity index (χ2v) is 4.23. The number of carbonyl (C=O) groups is 1. The van der Waals surface area contributed by atoms with Crippen molar-refractivity contribution in [2.45, 2.75) is 12.8 Å². The standard InChI is InChI=1S/C11H11ClN2O7/c12-9-7-8(3-4-10(9)13(16)17)11(15)20-5-1-2-6-21-14(18)19/h3-4,7H,1-2,5-6H2. The highest BCUT2D eigenvalue weighted by Crippen LogP contribution is 2.25. The Morgan fingerprint density at radius 1 is 1.19 bits per heavy atom. The van der Waals surface area contributed by atoms with Crippen LogP contribution in [-0.2, 0) is 9.57 Å². The highest BCUT2D eigenvalue weighted by molar-refractivity contribution is 6.33. The van der Waals surface area contributed by atoms with Gasteiger partial charge < -0.3 is 9.57 Å². The van der Waals surface area contributed by atoms with Crippen molar-refractivity contribution in [1.29, 1.82) is 0 Å². The van der Waals surface area contributed by atoms with Crippen molar-refractivity contribution in [3.63, 3.8) is 0 Å². The lowest BCUT2D eigenvalue weighted by Crippen LogP contribution is -2.08. The summed E-state index contributed by atoms with van der Waals surface area (Å²) in [5.74, 6) is -0.679. The molecule has 0 amide bonds. The van der Waals surface area contributed by atoms with Gasteiger partial charge >= 0.3 is 5.97 Å². The van der Waals surface area contributed by atoms with Crippen LogP contribution >= 0.6 is 11.6 Å². The first-order valence-electron chi connectivity index (χ1n) is 5.80. The Hall–Kier alpha value is -2.42. The number of halogens is 1. The molecule has 1 aromatic rings. The zero-order chi connectivity index (χ0) is 15.8. The average Bonchev–Trinajstić information content (AvgIpc) is 2.41. The first kappa shape index (κ1) is 16.6. The molecule has 0 heterocycles. The molecule has 114 valence electrons. The topological polar surface area (TPSA) is 122 Å². The minimum absolute atomic E-state index is 0.0501. The molecule has 1 aromatic carbocycles. The predicted octanol–water partition coefficient (Wildman–Crippen LogP) is 2.39. The normalized spacial score (nSPS) is 9.95. The average molecular weight is 319 g/mol. The molecule has 21 heavy (non-hydrogen) atoms. The summed E-state index contributed by atoms with van der Waals surface area (Å²) in [4.78, 5) is 35.5. The van der Waals surface area contributed by atoms with Crippen molar-refractivity contribution in [2.75, 3.05) is 13.2 Å². The van der Waals surface area contributed by atoms with Gasteiger partial charge in [0.25, 0.3) is 10.8 Å². The van der Waals surface area contributed by atoms with E-state index in [0.29, 0.717) is 12.8 Å². The molecule has 0 fully saturated rings. The predicted molar refractivity (Wildman–Crippen MR) is 70.6 cm³/mol. The summed E-state index contributed by atoms with van der Waals surface area (Å²) in [6, 6.07) is 3.50. The number of esters is 1. The van der Waals surface area contributed by atoms with Gasteiger partial charge in [-0.2, -0.15) is 0 Å². The van der Waals surface area contributed by atoms with Crippen LogP contribution in [0.4, 0.5) is 5.69 Å². The molecule has 0 aliphatic rings. The lowest BCUT2D eigenvalue weighted by atomic mass is 10.2. The fourth-order valence-electron chi connectivity index (χ4n) is 1.37. The maximum atomic E-state index is 11.6. The SMILES string of the molecule is O=C(OCCCCO[N+](=O)[O-])c1ccc([N+](=O)[O-])c(Cl)c1. The highest BCUT2D eigenvalue weighted by atomic mass is 35.5. The molecule has 0 unspecified atom stereocenters. The van der Waals surface area contributed by atoms with Crippen molar-refractivity contribution in [1.82, 2.24) is 0 Å². The third-order valence-electron chi connectivity index (χ3n) is 2.35. The Morgan fingerprint density at radius 2 is 1.86 bits per heavy atom. The quantitative estimate of drug-likeness (QED) is 0.312. The number of ether oxygens (including phenoxy) is 1. The Labute approximate surface area is 123 Å². The van der Waals surface area contributed by atoms with Crippen LogP contribution in [0.3, 0.4) is 0 Å². The largest absolute Gasteiger partial charge is 0.462 e. The van der Waals surface area contributed by atoms with Crippen LogP contribution in [0.5, 0.6) is 0 Å². The van der Waals surface area contributed by atoms with E-state index >= 15 is 0 Å². The number of hydrogen-bond donors (Lipinski definition) is 0. The van der Waals surface area contributed by atoms with Gasteiger partial charge in [0.1, 0.15) is 5.02 Å². The van der Waals surface area contributed by atoms with E-state index in [9.17, 15) is 25.0 Å². The number of benzene rings is 1. The molecule has 0 spiro atoms. The lowest BCUT2D eigenvalue weighted by Gasteiger charge is -2.05. The van der Waals surface area contributed by atoms with Crippen molar-refractivity contribution < 1.29 is 24.4 Å². The van der Waals surface area contributed by atoms with E-state index in [4.69, 9.17) is 16.3 Å². The molecule has 0 aromatic heterocycles. The van der Waals surface area contributed by atoms with E-state index in [1.54, 1.807) is 0 Å². The van der Waals surface area contributed by atoms with Crippen LogP contribution in [0, 0.1) is 20.2 Å². The van der Waals surface area contributed by atoms with Gasteiger partial charge in [0.2, 0.25) is 0 Å². The molecule has 10 heteroatoms. The molecule has 0 radical (unpaired) electrons. The first-order chi connectivity index (χ1) is 9.91. The summed E-state index contributed by atoms with van der Waals surface area (Å²) in [7, 11) is 0. The summed E-state index contributed by atoms with van der Waals surface area (Å²) >= 11 is 5.67. The van der Waals surface area contributed by atoms with E-state index in [2.05, 4.69) is 4.84 Å². The zero-order valence-electron chi connectivity index (χ0n) is 10.7. The van der Waals surface area contributed by atoms with Gasteiger partial charge in [0.05, 0.1) is 23.7 Å². The molecule has 0 saturated carbocycles. The molecule has 0 aliphatic carbocycles. The molecule has 9 nitrogen and oxygen atoms in total. The van der Waals surface area contributed by atoms with Crippen molar-refractivity contribution in [3.05, 3.63) is 49.0 Å². The van der Waals surface area contributed by atoms with Crippen LogP contribution in [-0.4, -0.2) is 29.2 Å². The van der Waals surface area contributed by atoms with Crippen LogP contribution < -0.4 is 0 Å². The van der Waals surface area contributed by atoms with Crippen molar-refractivity contribution in [3.8, 4) is 0 Å². The number of nitro groups is 1. The third-order valence-corrected chi connectivity index (χ3v) is 2.65. The highest BCUT2D eigenvalue weighted by Gasteiger charge is 2.15. The summed E-state index contributed by atoms with van der Waals surface area (Å²) in [6.45, 7) is -0.0254. The van der Waals surface area contributed by atoms with Gasteiger partial charge in [-0.05, 0) is 25.0 Å². The number of rotatable bonds is 8. The molecular formula is C11H11ClN2O7. The van der Waals surface area contributed by atoms with Gasteiger partial charge in [0, 0.05) is 6.07 Å². The Kier molecular flexibility index (Phi) is 6.34. The smallest absolute Gasteiger partial charge is 0.338 e. The van der Waals surface area contributed by atoms with Crippen molar-refractivity contribution in [2.24, 2.45) is 0 Å². The number of hydrogen-bond acceptors (Lipinski definition) is 7. The minimum atomic E-state index is -0.898. The van der Waals surface area contributed by atoms with E-state index < -0.39 is 16.0 Å². The van der Waals surface area contributed by atoms with E-state index in [1.165, 1.54) is 6.07 Å². The van der Waals surface area contributed by atoms with E-state index in [1.807, 2.05) is 0 Å². The summed E-state index contributed by atoms with van der Waals surface area (Å²) in [5.41, 5.74) is -0.211. The van der Waals surface area contributed by atoms with E-state index in [-0.39, 0.29) is 29.5 Å². The summed E-state index contributed by atoms with van der Waals surface area (Å²) in [6.07, 6.45) is 0.746. The molecular weight excluding hydrogens is 308 g/mol. The third kappa shape index (κ3) is 5.61. The Balaban J connectivity index is 2.40. The van der Waals surface area contributed by atoms with Gasteiger partial charge in [-0.3, -0.25) is 10.1 Å². The molecule has 1 rings (SSSR count). The molecule has 0 N–H and O–H groups in total. The van der Waals surface area contributed by atoms with Crippen LogP contribution in [0.2, 0.25) is 5.02 Å². The van der Waals surface area contributed by atoms with Crippen LogP contribution in [0.1, 0.15) is 23.2 Å². The van der Waals surface area contributed by atoms with Crippen LogP contribution in [0.25, 0.3) is 0 Å². The summed E-state index contributed by atoms with van der Waals surface area (Å²) < 4.78 is 4.90. The maximum absolute atomic E-state index is 11.6. The Bertz CT molecular complexity index is 549. The van der Waals surface area contributed by atoms with Gasteiger partial charge in [0.15, 0.2) is 0 Å². The fraction of sp³-hybridized carbons (Fsp3) is 0.364. The fourth-order valence-corrected chi connectivity index (χ4v) is 1.62. The van der Waals surface area contributed by atoms with Gasteiger partial charge in [-0.1, -0.05) is 11.6 Å². The minimum Gasteiger partial charge on any atom is -0.462 e. The second-order valence-electron chi connectivity index (χ2n) is 3.82. The van der Waals surface area contributed by atoms with E-state index in [0.717, 1.165) is 12.1 Å². The number of unbranched alkanes of at least 4 members (excludes halogenated alkanes) is 1. The lowest BCUT2D eigenvalue weighted by molar-refractivity contribution is -0.757. The monoisotopic (exact) mass is 318 g/mol.